The standard InChI is InChI=1S/C22H26BN3O5/c1-20(2)21(3,4)31-23(30-20)15-9-24-19(25-10-15)26-11-22(12-29-13-22)16-7-6-14(8-17(16)26)18(27)28-5/h6-10H,11-13H2,1-5H3. The van der Waals surface area contributed by atoms with Crippen molar-refractivity contribution in [3.63, 3.8) is 0 Å². The summed E-state index contributed by atoms with van der Waals surface area (Å²) < 4.78 is 22.6. The number of methoxy groups -OCH3 is 1. The van der Waals surface area contributed by atoms with Crippen LogP contribution < -0.4 is 10.4 Å². The van der Waals surface area contributed by atoms with Crippen molar-refractivity contribution in [2.75, 3.05) is 31.8 Å². The second-order valence-electron chi connectivity index (χ2n) is 9.49. The molecular formula is C22H26BN3O5. The van der Waals surface area contributed by atoms with Crippen LogP contribution in [0, 0.1) is 0 Å². The second-order valence-corrected chi connectivity index (χ2v) is 9.49. The van der Waals surface area contributed by atoms with E-state index >= 15 is 0 Å². The first-order valence-electron chi connectivity index (χ1n) is 10.4. The van der Waals surface area contributed by atoms with Crippen molar-refractivity contribution in [2.24, 2.45) is 0 Å². The van der Waals surface area contributed by atoms with Gasteiger partial charge in [-0.05, 0) is 45.4 Å². The third-order valence-corrected chi connectivity index (χ3v) is 6.92. The maximum atomic E-state index is 12.1. The Morgan fingerprint density at radius 1 is 1.10 bits per heavy atom. The second kappa shape index (κ2) is 6.75. The molecule has 4 heterocycles. The van der Waals surface area contributed by atoms with Crippen LogP contribution in [0.3, 0.4) is 0 Å². The average molecular weight is 423 g/mol. The Balaban J connectivity index is 1.46. The summed E-state index contributed by atoms with van der Waals surface area (Å²) in [6.45, 7) is 10.0. The zero-order chi connectivity index (χ0) is 22.0. The number of fused-ring (bicyclic) bond motifs is 2. The molecule has 0 atom stereocenters. The summed E-state index contributed by atoms with van der Waals surface area (Å²) in [6, 6.07) is 5.64. The zero-order valence-corrected chi connectivity index (χ0v) is 18.5. The molecule has 1 spiro atoms. The van der Waals surface area contributed by atoms with Crippen LogP contribution in [0.15, 0.2) is 30.6 Å². The Morgan fingerprint density at radius 3 is 2.29 bits per heavy atom. The fourth-order valence-electron chi connectivity index (χ4n) is 4.27. The molecule has 162 valence electrons. The molecule has 5 rings (SSSR count). The van der Waals surface area contributed by atoms with Crippen molar-refractivity contribution in [1.82, 2.24) is 9.97 Å². The number of benzene rings is 1. The number of hydrogen-bond acceptors (Lipinski definition) is 8. The van der Waals surface area contributed by atoms with Crippen LogP contribution in [-0.4, -0.2) is 61.1 Å². The fourth-order valence-corrected chi connectivity index (χ4v) is 4.27. The van der Waals surface area contributed by atoms with Gasteiger partial charge in [0.05, 0.1) is 42.5 Å². The first-order chi connectivity index (χ1) is 14.7. The summed E-state index contributed by atoms with van der Waals surface area (Å²) in [6.07, 6.45) is 3.49. The highest BCUT2D eigenvalue weighted by atomic mass is 16.7. The maximum Gasteiger partial charge on any atom is 0.498 e. The van der Waals surface area contributed by atoms with Gasteiger partial charge >= 0.3 is 13.1 Å². The van der Waals surface area contributed by atoms with E-state index in [0.717, 1.165) is 16.7 Å². The lowest BCUT2D eigenvalue weighted by atomic mass is 9.80. The van der Waals surface area contributed by atoms with Crippen LogP contribution in [-0.2, 0) is 24.2 Å². The van der Waals surface area contributed by atoms with Crippen LogP contribution in [0.4, 0.5) is 11.6 Å². The minimum atomic E-state index is -0.512. The first kappa shape index (κ1) is 20.4. The Hall–Kier alpha value is -2.49. The predicted octanol–water partition coefficient (Wildman–Crippen LogP) is 1.98. The molecule has 2 fully saturated rings. The molecule has 0 saturated carbocycles. The molecule has 3 aliphatic heterocycles. The molecule has 2 saturated heterocycles. The molecule has 1 aromatic heterocycles. The van der Waals surface area contributed by atoms with Gasteiger partial charge in [0.25, 0.3) is 0 Å². The maximum absolute atomic E-state index is 12.1. The zero-order valence-electron chi connectivity index (χ0n) is 18.5. The molecule has 3 aliphatic rings. The number of carbonyl (C=O) groups is 1. The van der Waals surface area contributed by atoms with E-state index < -0.39 is 18.3 Å². The number of ether oxygens (including phenoxy) is 2. The van der Waals surface area contributed by atoms with Crippen LogP contribution >= 0.6 is 0 Å². The van der Waals surface area contributed by atoms with E-state index in [9.17, 15) is 4.79 Å². The van der Waals surface area contributed by atoms with E-state index in [-0.39, 0.29) is 11.4 Å². The van der Waals surface area contributed by atoms with Crippen molar-refractivity contribution in [3.8, 4) is 0 Å². The SMILES string of the molecule is COC(=O)c1ccc2c(c1)N(c1ncc(B3OC(C)(C)C(C)(C)O3)cn1)CC21COC1. The topological polar surface area (TPSA) is 83.0 Å². The van der Waals surface area contributed by atoms with Gasteiger partial charge in [-0.1, -0.05) is 6.07 Å². The Bertz CT molecular complexity index is 1020. The van der Waals surface area contributed by atoms with Crippen LogP contribution in [0.25, 0.3) is 0 Å². The van der Waals surface area contributed by atoms with E-state index in [2.05, 4.69) is 9.97 Å². The number of hydrogen-bond donors (Lipinski definition) is 0. The predicted molar refractivity (Wildman–Crippen MR) is 115 cm³/mol. The highest BCUT2D eigenvalue weighted by Crippen LogP contribution is 2.47. The van der Waals surface area contributed by atoms with Gasteiger partial charge in [0, 0.05) is 30.1 Å². The van der Waals surface area contributed by atoms with E-state index in [4.69, 9.17) is 18.8 Å². The normalized spacial score (nSPS) is 22.4. The molecule has 0 unspecified atom stereocenters. The van der Waals surface area contributed by atoms with Gasteiger partial charge in [-0.3, -0.25) is 0 Å². The van der Waals surface area contributed by atoms with Gasteiger partial charge in [0.1, 0.15) is 0 Å². The molecule has 0 amide bonds. The van der Waals surface area contributed by atoms with Gasteiger partial charge in [-0.15, -0.1) is 0 Å². The number of rotatable bonds is 3. The van der Waals surface area contributed by atoms with Crippen molar-refractivity contribution in [1.29, 1.82) is 0 Å². The molecule has 8 nitrogen and oxygen atoms in total. The minimum absolute atomic E-state index is 0.0995. The average Bonchev–Trinajstić information content (AvgIpc) is 3.18. The molecule has 0 aliphatic carbocycles. The molecule has 9 heteroatoms. The fraction of sp³-hybridized carbons (Fsp3) is 0.500. The van der Waals surface area contributed by atoms with E-state index in [1.807, 2.05) is 44.7 Å². The minimum Gasteiger partial charge on any atom is -0.465 e. The van der Waals surface area contributed by atoms with E-state index in [1.54, 1.807) is 18.5 Å². The molecule has 2 aromatic rings. The van der Waals surface area contributed by atoms with Crippen LogP contribution in [0.5, 0.6) is 0 Å². The summed E-state index contributed by atoms with van der Waals surface area (Å²) >= 11 is 0. The molecule has 1 aromatic carbocycles. The summed E-state index contributed by atoms with van der Waals surface area (Å²) in [5.41, 5.74) is 2.37. The first-order valence-corrected chi connectivity index (χ1v) is 10.4. The summed E-state index contributed by atoms with van der Waals surface area (Å²) in [5.74, 6) is 0.192. The number of carbonyl (C=O) groups excluding carboxylic acids is 1. The molecular weight excluding hydrogens is 397 g/mol. The van der Waals surface area contributed by atoms with Gasteiger partial charge in [0.2, 0.25) is 5.95 Å². The third kappa shape index (κ3) is 3.06. The summed E-state index contributed by atoms with van der Waals surface area (Å²) in [7, 11) is 0.869. The van der Waals surface area contributed by atoms with Crippen molar-refractivity contribution in [2.45, 2.75) is 44.3 Å². The number of aromatic nitrogens is 2. The Labute approximate surface area is 182 Å². The van der Waals surface area contributed by atoms with Crippen molar-refractivity contribution < 1.29 is 23.6 Å². The third-order valence-electron chi connectivity index (χ3n) is 6.92. The highest BCUT2D eigenvalue weighted by molar-refractivity contribution is 6.61. The van der Waals surface area contributed by atoms with Gasteiger partial charge in [0.15, 0.2) is 0 Å². The van der Waals surface area contributed by atoms with Crippen LogP contribution in [0.1, 0.15) is 43.6 Å². The van der Waals surface area contributed by atoms with Crippen molar-refractivity contribution in [3.05, 3.63) is 41.7 Å². The summed E-state index contributed by atoms with van der Waals surface area (Å²) in [4.78, 5) is 23.3. The van der Waals surface area contributed by atoms with Crippen LogP contribution in [0.2, 0.25) is 0 Å². The monoisotopic (exact) mass is 423 g/mol. The smallest absolute Gasteiger partial charge is 0.465 e. The largest absolute Gasteiger partial charge is 0.498 e. The number of anilines is 2. The Kier molecular flexibility index (Phi) is 4.45. The van der Waals surface area contributed by atoms with Gasteiger partial charge in [-0.25, -0.2) is 14.8 Å². The lowest BCUT2D eigenvalue weighted by Crippen LogP contribution is -2.49. The molecule has 0 N–H and O–H groups in total. The Morgan fingerprint density at radius 2 is 1.74 bits per heavy atom. The summed E-state index contributed by atoms with van der Waals surface area (Å²) in [5, 5.41) is 0. The number of nitrogens with zero attached hydrogens (tertiary/aromatic N) is 3. The molecule has 0 radical (unpaired) electrons. The lowest BCUT2D eigenvalue weighted by molar-refractivity contribution is -0.0507. The molecule has 0 bridgehead atoms. The quantitative estimate of drug-likeness (QED) is 0.548. The van der Waals surface area contributed by atoms with Crippen molar-refractivity contribution >= 4 is 30.2 Å². The van der Waals surface area contributed by atoms with E-state index in [1.165, 1.54) is 7.11 Å². The number of esters is 1. The highest BCUT2D eigenvalue weighted by Gasteiger charge is 2.52. The van der Waals surface area contributed by atoms with E-state index in [0.29, 0.717) is 31.3 Å². The van der Waals surface area contributed by atoms with Gasteiger partial charge in [-0.2, -0.15) is 0 Å². The molecule has 31 heavy (non-hydrogen) atoms. The lowest BCUT2D eigenvalue weighted by Gasteiger charge is -2.38. The van der Waals surface area contributed by atoms with Gasteiger partial charge < -0.3 is 23.7 Å².